The number of hydrogen-bond donors (Lipinski definition) is 0. The van der Waals surface area contributed by atoms with Crippen LogP contribution in [-0.4, -0.2) is 0 Å². The molecule has 0 unspecified atom stereocenters. The van der Waals surface area contributed by atoms with Gasteiger partial charge in [0.25, 0.3) is 0 Å². The minimum absolute atomic E-state index is 1.16. The molecule has 0 saturated carbocycles. The van der Waals surface area contributed by atoms with Crippen LogP contribution in [0, 0.1) is 0 Å². The summed E-state index contributed by atoms with van der Waals surface area (Å²) in [5.74, 6) is 0. The first-order chi connectivity index (χ1) is 7.78. The first kappa shape index (κ1) is 12.5. The summed E-state index contributed by atoms with van der Waals surface area (Å²) >= 11 is 1.75. The van der Waals surface area contributed by atoms with E-state index in [9.17, 15) is 0 Å². The van der Waals surface area contributed by atoms with E-state index in [1.807, 2.05) is 31.2 Å². The van der Waals surface area contributed by atoms with Gasteiger partial charge in [-0.15, -0.1) is 11.3 Å². The Hall–Kier alpha value is -1.60. The molecule has 0 aliphatic rings. The number of hydrogen-bond acceptors (Lipinski definition) is 1. The summed E-state index contributed by atoms with van der Waals surface area (Å²) in [5, 5.41) is 1.20. The van der Waals surface area contributed by atoms with Crippen LogP contribution in [0.25, 0.3) is 24.3 Å². The number of thiophene rings is 1. The lowest BCUT2D eigenvalue weighted by atomic mass is 10.2. The van der Waals surface area contributed by atoms with Gasteiger partial charge >= 0.3 is 0 Å². The molecule has 16 heavy (non-hydrogen) atoms. The van der Waals surface area contributed by atoms with E-state index in [-0.39, 0.29) is 0 Å². The molecular formula is C15H16S. The molecule has 0 aromatic carbocycles. The molecule has 1 aromatic heterocycles. The fraction of sp³-hybridized carbons (Fsp3) is 0.0667. The van der Waals surface area contributed by atoms with Gasteiger partial charge in [0.2, 0.25) is 0 Å². The molecule has 0 saturated heterocycles. The lowest BCUT2D eigenvalue weighted by molar-refractivity contribution is 1.64. The normalized spacial score (nSPS) is 13.3. The predicted octanol–water partition coefficient (Wildman–Crippen LogP) is 3.36. The highest BCUT2D eigenvalue weighted by Crippen LogP contribution is 2.12. The second-order valence-electron chi connectivity index (χ2n) is 3.15. The molecule has 0 N–H and O–H groups in total. The van der Waals surface area contributed by atoms with Gasteiger partial charge in [-0.25, -0.2) is 0 Å². The monoisotopic (exact) mass is 228 g/mol. The Balaban J connectivity index is 3.61. The van der Waals surface area contributed by atoms with Crippen LogP contribution in [0.2, 0.25) is 0 Å². The molecule has 0 nitrogen and oxygen atoms in total. The molecule has 0 radical (unpaired) electrons. The molecule has 0 amide bonds. The minimum Gasteiger partial charge on any atom is -0.136 e. The maximum absolute atomic E-state index is 3.87. The summed E-state index contributed by atoms with van der Waals surface area (Å²) in [6.07, 6.45) is 13.6. The van der Waals surface area contributed by atoms with Crippen LogP contribution < -0.4 is 9.75 Å². The Morgan fingerprint density at radius 1 is 1.12 bits per heavy atom. The highest BCUT2D eigenvalue weighted by Gasteiger charge is 2.02. The van der Waals surface area contributed by atoms with Crippen molar-refractivity contribution < 1.29 is 0 Å². The maximum atomic E-state index is 3.87. The lowest BCUT2D eigenvalue weighted by Crippen LogP contribution is -2.19. The van der Waals surface area contributed by atoms with Crippen LogP contribution in [0.15, 0.2) is 38.0 Å². The second-order valence-corrected chi connectivity index (χ2v) is 4.23. The third-order valence-electron chi connectivity index (χ3n) is 2.18. The Morgan fingerprint density at radius 2 is 1.88 bits per heavy atom. The third kappa shape index (κ3) is 2.50. The van der Waals surface area contributed by atoms with Crippen molar-refractivity contribution >= 4 is 35.6 Å². The van der Waals surface area contributed by atoms with Gasteiger partial charge in [0, 0.05) is 9.41 Å². The van der Waals surface area contributed by atoms with Gasteiger partial charge < -0.3 is 0 Å². The van der Waals surface area contributed by atoms with E-state index in [0.29, 0.717) is 0 Å². The SMILES string of the molecule is C=C/C=C\c1sc(=C/C)/c(=C\C=C)c1C=C. The van der Waals surface area contributed by atoms with Gasteiger partial charge in [-0.2, -0.15) is 0 Å². The molecule has 0 aliphatic carbocycles. The van der Waals surface area contributed by atoms with Crippen molar-refractivity contribution in [3.8, 4) is 0 Å². The van der Waals surface area contributed by atoms with E-state index < -0.39 is 0 Å². The van der Waals surface area contributed by atoms with Crippen LogP contribution in [-0.2, 0) is 0 Å². The van der Waals surface area contributed by atoms with Crippen molar-refractivity contribution in [3.63, 3.8) is 0 Å². The van der Waals surface area contributed by atoms with Crippen LogP contribution in [0.3, 0.4) is 0 Å². The van der Waals surface area contributed by atoms with E-state index in [1.54, 1.807) is 17.4 Å². The maximum Gasteiger partial charge on any atom is 0.0355 e. The highest BCUT2D eigenvalue weighted by molar-refractivity contribution is 7.11. The molecule has 1 heterocycles. The molecule has 1 aromatic rings. The molecule has 0 atom stereocenters. The second kappa shape index (κ2) is 6.09. The van der Waals surface area contributed by atoms with E-state index in [1.165, 1.54) is 14.6 Å². The molecule has 1 rings (SSSR count). The van der Waals surface area contributed by atoms with Gasteiger partial charge in [-0.3, -0.25) is 0 Å². The quantitative estimate of drug-likeness (QED) is 0.693. The Labute approximate surface area is 101 Å². The average molecular weight is 228 g/mol. The fourth-order valence-corrected chi connectivity index (χ4v) is 2.58. The molecule has 0 fully saturated rings. The zero-order valence-electron chi connectivity index (χ0n) is 9.57. The van der Waals surface area contributed by atoms with Crippen LogP contribution in [0.1, 0.15) is 17.4 Å². The van der Waals surface area contributed by atoms with Crippen LogP contribution in [0.5, 0.6) is 0 Å². The zero-order valence-corrected chi connectivity index (χ0v) is 10.4. The molecule has 0 spiro atoms. The number of rotatable bonds is 4. The van der Waals surface area contributed by atoms with Crippen molar-refractivity contribution in [3.05, 3.63) is 58.2 Å². The molecular weight excluding hydrogens is 212 g/mol. The first-order valence-corrected chi connectivity index (χ1v) is 5.93. The van der Waals surface area contributed by atoms with E-state index in [2.05, 4.69) is 31.9 Å². The zero-order chi connectivity index (χ0) is 12.0. The van der Waals surface area contributed by atoms with Crippen molar-refractivity contribution in [2.24, 2.45) is 0 Å². The van der Waals surface area contributed by atoms with Crippen LogP contribution in [0.4, 0.5) is 0 Å². The summed E-state index contributed by atoms with van der Waals surface area (Å²) in [6, 6.07) is 0. The summed E-state index contributed by atoms with van der Waals surface area (Å²) in [7, 11) is 0. The van der Waals surface area contributed by atoms with Crippen molar-refractivity contribution in [2.45, 2.75) is 6.92 Å². The standard InChI is InChI=1S/C15H16S/c1-5-9-11-15-12(7-3)13(10-6-2)14(8-4)16-15/h5-11H,1-3H2,4H3/b11-9-,13-10-,14-8+. The van der Waals surface area contributed by atoms with Crippen LogP contribution >= 0.6 is 11.3 Å². The van der Waals surface area contributed by atoms with E-state index in [0.717, 1.165) is 5.56 Å². The predicted molar refractivity (Wildman–Crippen MR) is 77.7 cm³/mol. The molecule has 0 aliphatic heterocycles. The largest absolute Gasteiger partial charge is 0.136 e. The van der Waals surface area contributed by atoms with Gasteiger partial charge in [0.05, 0.1) is 0 Å². The van der Waals surface area contributed by atoms with Gasteiger partial charge in [0.1, 0.15) is 0 Å². The Bertz CT molecular complexity index is 539. The summed E-state index contributed by atoms with van der Waals surface area (Å²) in [6.45, 7) is 13.3. The Kier molecular flexibility index (Phi) is 4.74. The number of allylic oxidation sites excluding steroid dienone is 3. The topological polar surface area (TPSA) is 0 Å². The highest BCUT2D eigenvalue weighted by atomic mass is 32.1. The van der Waals surface area contributed by atoms with Crippen molar-refractivity contribution in [1.82, 2.24) is 0 Å². The van der Waals surface area contributed by atoms with Gasteiger partial charge in [0.15, 0.2) is 0 Å². The van der Waals surface area contributed by atoms with Crippen molar-refractivity contribution in [1.29, 1.82) is 0 Å². The third-order valence-corrected chi connectivity index (χ3v) is 3.43. The Morgan fingerprint density at radius 3 is 2.38 bits per heavy atom. The molecule has 82 valence electrons. The van der Waals surface area contributed by atoms with Crippen molar-refractivity contribution in [2.75, 3.05) is 0 Å². The molecule has 0 bridgehead atoms. The minimum atomic E-state index is 1.16. The fourth-order valence-electron chi connectivity index (χ4n) is 1.49. The lowest BCUT2D eigenvalue weighted by Gasteiger charge is -1.89. The van der Waals surface area contributed by atoms with E-state index >= 15 is 0 Å². The van der Waals surface area contributed by atoms with E-state index in [4.69, 9.17) is 0 Å². The van der Waals surface area contributed by atoms with Gasteiger partial charge in [-0.05, 0) is 23.8 Å². The van der Waals surface area contributed by atoms with Gasteiger partial charge in [-0.1, -0.05) is 56.2 Å². The summed E-state index contributed by atoms with van der Waals surface area (Å²) in [4.78, 5) is 1.20. The smallest absolute Gasteiger partial charge is 0.0355 e. The summed E-state index contributed by atoms with van der Waals surface area (Å²) in [5.41, 5.74) is 1.16. The first-order valence-electron chi connectivity index (χ1n) is 5.12. The average Bonchev–Trinajstić information content (AvgIpc) is 2.64. The molecule has 1 heteroatoms. The summed E-state index contributed by atoms with van der Waals surface area (Å²) < 4.78 is 1.25.